The molecule has 3 N–H and O–H groups in total. The second-order valence-electron chi connectivity index (χ2n) is 6.13. The molecule has 2 atom stereocenters. The first-order chi connectivity index (χ1) is 12.3. The summed E-state index contributed by atoms with van der Waals surface area (Å²) in [6.45, 7) is 4.58. The number of nitrogens with zero attached hydrogens (tertiary/aromatic N) is 4. The molecule has 1 fully saturated rings. The minimum absolute atomic E-state index is 0.0139. The predicted octanol–water partition coefficient (Wildman–Crippen LogP) is 2.46. The van der Waals surface area contributed by atoms with Crippen molar-refractivity contribution in [3.63, 3.8) is 0 Å². The minimum Gasteiger partial charge on any atom is -0.378 e. The molecule has 0 saturated carbocycles. The summed E-state index contributed by atoms with van der Waals surface area (Å²) < 4.78 is 19.5. The van der Waals surface area contributed by atoms with E-state index >= 15 is 0 Å². The van der Waals surface area contributed by atoms with E-state index in [0.717, 1.165) is 0 Å². The van der Waals surface area contributed by atoms with Crippen LogP contribution in [0.2, 0.25) is 0 Å². The van der Waals surface area contributed by atoms with E-state index < -0.39 is 10.7 Å². The van der Waals surface area contributed by atoms with Crippen LogP contribution < -0.4 is 16.0 Å². The van der Waals surface area contributed by atoms with Gasteiger partial charge in [-0.1, -0.05) is 12.1 Å². The maximum Gasteiger partial charge on any atom is 0.353 e. The number of para-hydroxylation sites is 1. The zero-order valence-corrected chi connectivity index (χ0v) is 14.3. The number of halogens is 1. The number of hydrogen-bond donors (Lipinski definition) is 2. The first-order valence-corrected chi connectivity index (χ1v) is 8.09. The Morgan fingerprint density at radius 1 is 1.31 bits per heavy atom. The lowest BCUT2D eigenvalue weighted by atomic mass is 10.2. The zero-order chi connectivity index (χ0) is 18.8. The number of morpholine rings is 1. The molecule has 138 valence electrons. The molecule has 1 aromatic carbocycles. The average Bonchev–Trinajstić information content (AvgIpc) is 2.55. The van der Waals surface area contributed by atoms with Gasteiger partial charge in [-0.15, -0.1) is 0 Å². The van der Waals surface area contributed by atoms with Gasteiger partial charge in [0.2, 0.25) is 17.6 Å². The van der Waals surface area contributed by atoms with Gasteiger partial charge >= 0.3 is 5.69 Å². The highest BCUT2D eigenvalue weighted by atomic mass is 19.1. The van der Waals surface area contributed by atoms with Gasteiger partial charge in [-0.05, 0) is 26.0 Å². The molecular weight excluding hydrogens is 343 g/mol. The SMILES string of the molecule is C[C@H]1CN(c2nc(Nc3ccccc3F)nc(N)c2[N+](=O)[O-])C[C@H](C)O1. The Kier molecular flexibility index (Phi) is 4.85. The fraction of sp³-hybridized carbons (Fsp3) is 0.375. The molecule has 2 aromatic rings. The van der Waals surface area contributed by atoms with Crippen LogP contribution in [0.4, 0.5) is 33.3 Å². The molecule has 0 spiro atoms. The Balaban J connectivity index is 2.02. The van der Waals surface area contributed by atoms with Crippen LogP contribution in [0.5, 0.6) is 0 Å². The van der Waals surface area contributed by atoms with Crippen LogP contribution in [-0.2, 0) is 4.74 Å². The number of aromatic nitrogens is 2. The van der Waals surface area contributed by atoms with Gasteiger partial charge < -0.3 is 20.7 Å². The van der Waals surface area contributed by atoms with Crippen molar-refractivity contribution in [2.45, 2.75) is 26.1 Å². The Labute approximate surface area is 149 Å². The van der Waals surface area contributed by atoms with Gasteiger partial charge in [0.25, 0.3) is 0 Å². The van der Waals surface area contributed by atoms with Crippen LogP contribution in [0.1, 0.15) is 13.8 Å². The number of nitrogen functional groups attached to an aromatic ring is 1. The van der Waals surface area contributed by atoms with Crippen LogP contribution in [0.3, 0.4) is 0 Å². The normalized spacial score (nSPS) is 20.0. The van der Waals surface area contributed by atoms with E-state index in [1.165, 1.54) is 12.1 Å². The van der Waals surface area contributed by atoms with Crippen molar-refractivity contribution in [1.82, 2.24) is 9.97 Å². The summed E-state index contributed by atoms with van der Waals surface area (Å²) in [5.41, 5.74) is 5.58. The Morgan fingerprint density at radius 3 is 2.58 bits per heavy atom. The van der Waals surface area contributed by atoms with Crippen molar-refractivity contribution >= 4 is 29.0 Å². The number of anilines is 4. The van der Waals surface area contributed by atoms with Crippen molar-refractivity contribution in [1.29, 1.82) is 0 Å². The van der Waals surface area contributed by atoms with E-state index in [1.807, 2.05) is 13.8 Å². The molecule has 26 heavy (non-hydrogen) atoms. The third kappa shape index (κ3) is 3.64. The van der Waals surface area contributed by atoms with Gasteiger partial charge in [-0.2, -0.15) is 9.97 Å². The molecule has 1 aliphatic heterocycles. The Morgan fingerprint density at radius 2 is 1.96 bits per heavy atom. The van der Waals surface area contributed by atoms with Gasteiger partial charge in [0, 0.05) is 13.1 Å². The lowest BCUT2D eigenvalue weighted by Crippen LogP contribution is -2.46. The highest BCUT2D eigenvalue weighted by Gasteiger charge is 2.32. The van der Waals surface area contributed by atoms with E-state index in [4.69, 9.17) is 10.5 Å². The third-order valence-corrected chi connectivity index (χ3v) is 3.91. The van der Waals surface area contributed by atoms with Crippen molar-refractivity contribution in [3.05, 3.63) is 40.2 Å². The number of benzene rings is 1. The molecule has 1 aromatic heterocycles. The fourth-order valence-electron chi connectivity index (χ4n) is 2.95. The monoisotopic (exact) mass is 362 g/mol. The lowest BCUT2D eigenvalue weighted by Gasteiger charge is -2.35. The van der Waals surface area contributed by atoms with Crippen molar-refractivity contribution in [2.24, 2.45) is 0 Å². The summed E-state index contributed by atoms with van der Waals surface area (Å²) in [5.74, 6) is -0.711. The molecule has 0 bridgehead atoms. The van der Waals surface area contributed by atoms with Gasteiger partial charge in [0.05, 0.1) is 22.8 Å². The lowest BCUT2D eigenvalue weighted by molar-refractivity contribution is -0.383. The quantitative estimate of drug-likeness (QED) is 0.629. The first kappa shape index (κ1) is 17.8. The number of rotatable bonds is 4. The Bertz CT molecular complexity index is 824. The van der Waals surface area contributed by atoms with E-state index in [-0.39, 0.29) is 41.2 Å². The predicted molar refractivity (Wildman–Crippen MR) is 95.0 cm³/mol. The highest BCUT2D eigenvalue weighted by molar-refractivity contribution is 5.72. The van der Waals surface area contributed by atoms with Crippen LogP contribution in [0.15, 0.2) is 24.3 Å². The number of nitrogens with one attached hydrogen (secondary N) is 1. The van der Waals surface area contributed by atoms with Gasteiger partial charge in [-0.3, -0.25) is 10.1 Å². The van der Waals surface area contributed by atoms with Crippen LogP contribution in [-0.4, -0.2) is 40.2 Å². The average molecular weight is 362 g/mol. The molecule has 0 unspecified atom stereocenters. The van der Waals surface area contributed by atoms with Gasteiger partial charge in [0.15, 0.2) is 0 Å². The molecule has 2 heterocycles. The molecule has 1 saturated heterocycles. The second kappa shape index (κ2) is 7.08. The van der Waals surface area contributed by atoms with Crippen molar-refractivity contribution < 1.29 is 14.1 Å². The number of ether oxygens (including phenoxy) is 1. The van der Waals surface area contributed by atoms with Crippen molar-refractivity contribution in [3.8, 4) is 0 Å². The van der Waals surface area contributed by atoms with E-state index in [1.54, 1.807) is 17.0 Å². The zero-order valence-electron chi connectivity index (χ0n) is 14.3. The summed E-state index contributed by atoms with van der Waals surface area (Å²) in [4.78, 5) is 20.8. The van der Waals surface area contributed by atoms with E-state index in [2.05, 4.69) is 15.3 Å². The second-order valence-corrected chi connectivity index (χ2v) is 6.13. The molecule has 3 rings (SSSR count). The maximum absolute atomic E-state index is 13.9. The van der Waals surface area contributed by atoms with Crippen LogP contribution in [0, 0.1) is 15.9 Å². The molecule has 9 nitrogen and oxygen atoms in total. The third-order valence-electron chi connectivity index (χ3n) is 3.91. The summed E-state index contributed by atoms with van der Waals surface area (Å²) >= 11 is 0. The summed E-state index contributed by atoms with van der Waals surface area (Å²) in [5, 5.41) is 14.2. The summed E-state index contributed by atoms with van der Waals surface area (Å²) in [6.07, 6.45) is -0.255. The number of nitrogens with two attached hydrogens (primary N) is 1. The van der Waals surface area contributed by atoms with E-state index in [9.17, 15) is 14.5 Å². The summed E-state index contributed by atoms with van der Waals surface area (Å²) in [6, 6.07) is 5.98. The minimum atomic E-state index is -0.609. The van der Waals surface area contributed by atoms with Gasteiger partial charge in [-0.25, -0.2) is 4.39 Å². The highest BCUT2D eigenvalue weighted by Crippen LogP contribution is 2.34. The number of nitro groups is 1. The molecular formula is C16H19FN6O3. The smallest absolute Gasteiger partial charge is 0.353 e. The van der Waals surface area contributed by atoms with Crippen LogP contribution >= 0.6 is 0 Å². The van der Waals surface area contributed by atoms with Crippen molar-refractivity contribution in [2.75, 3.05) is 29.0 Å². The largest absolute Gasteiger partial charge is 0.378 e. The number of hydrogen-bond acceptors (Lipinski definition) is 8. The topological polar surface area (TPSA) is 119 Å². The molecule has 0 aliphatic carbocycles. The summed E-state index contributed by atoms with van der Waals surface area (Å²) in [7, 11) is 0. The molecule has 0 amide bonds. The first-order valence-electron chi connectivity index (χ1n) is 8.09. The van der Waals surface area contributed by atoms with Crippen LogP contribution in [0.25, 0.3) is 0 Å². The fourth-order valence-corrected chi connectivity index (χ4v) is 2.95. The molecule has 10 heteroatoms. The molecule has 0 radical (unpaired) electrons. The standard InChI is InChI=1S/C16H19FN6O3/c1-9-7-22(8-10(2)26-9)15-13(23(24)25)14(18)20-16(21-15)19-12-6-4-3-5-11(12)17/h3-6,9-10H,7-8H2,1-2H3,(H3,18,19,20,21)/t9-,10-/m0/s1. The molecule has 1 aliphatic rings. The maximum atomic E-state index is 13.9. The van der Waals surface area contributed by atoms with E-state index in [0.29, 0.717) is 13.1 Å². The van der Waals surface area contributed by atoms with Gasteiger partial charge in [0.1, 0.15) is 5.82 Å². The Hall–Kier alpha value is -3.01.